The SMILES string of the molecule is CCCCCCCCCCCON(CCC)NCCC. The molecule has 122 valence electrons. The first-order chi connectivity index (χ1) is 9.85. The fraction of sp³-hybridized carbons (Fsp3) is 1.00. The number of nitrogens with zero attached hydrogens (tertiary/aromatic N) is 1. The largest absolute Gasteiger partial charge is 0.284 e. The van der Waals surface area contributed by atoms with Crippen LogP contribution in [-0.2, 0) is 4.84 Å². The van der Waals surface area contributed by atoms with Gasteiger partial charge in [0.2, 0.25) is 0 Å². The smallest absolute Gasteiger partial charge is 0.0701 e. The number of hydrogen-bond donors (Lipinski definition) is 1. The van der Waals surface area contributed by atoms with E-state index in [0.29, 0.717) is 0 Å². The van der Waals surface area contributed by atoms with Crippen LogP contribution >= 0.6 is 0 Å². The summed E-state index contributed by atoms with van der Waals surface area (Å²) in [6, 6.07) is 0. The second-order valence-corrected chi connectivity index (χ2v) is 5.67. The zero-order valence-corrected chi connectivity index (χ0v) is 14.3. The number of hydroxylamine groups is 1. The molecule has 0 aromatic rings. The van der Waals surface area contributed by atoms with Crippen LogP contribution in [0.1, 0.15) is 91.4 Å². The molecule has 0 bridgehead atoms. The van der Waals surface area contributed by atoms with E-state index in [1.807, 2.05) is 5.17 Å². The van der Waals surface area contributed by atoms with Crippen molar-refractivity contribution in [3.63, 3.8) is 0 Å². The van der Waals surface area contributed by atoms with Crippen molar-refractivity contribution in [3.05, 3.63) is 0 Å². The van der Waals surface area contributed by atoms with Crippen LogP contribution in [-0.4, -0.2) is 24.9 Å². The van der Waals surface area contributed by atoms with E-state index >= 15 is 0 Å². The molecule has 0 fully saturated rings. The molecule has 0 amide bonds. The van der Waals surface area contributed by atoms with Gasteiger partial charge in [-0.1, -0.05) is 72.1 Å². The summed E-state index contributed by atoms with van der Waals surface area (Å²) in [5, 5.41) is 1.92. The molecule has 1 N–H and O–H groups in total. The summed E-state index contributed by atoms with van der Waals surface area (Å²) in [5.41, 5.74) is 3.31. The molecule has 3 heteroatoms. The van der Waals surface area contributed by atoms with Crippen molar-refractivity contribution >= 4 is 0 Å². The first kappa shape index (κ1) is 19.9. The molecule has 0 atom stereocenters. The Morgan fingerprint density at radius 3 is 1.85 bits per heavy atom. The van der Waals surface area contributed by atoms with Gasteiger partial charge in [-0.2, -0.15) is 0 Å². The van der Waals surface area contributed by atoms with Gasteiger partial charge in [0.1, 0.15) is 0 Å². The first-order valence-corrected chi connectivity index (χ1v) is 8.99. The minimum Gasteiger partial charge on any atom is -0.284 e. The van der Waals surface area contributed by atoms with E-state index < -0.39 is 0 Å². The van der Waals surface area contributed by atoms with Crippen molar-refractivity contribution in [2.24, 2.45) is 0 Å². The molecule has 20 heavy (non-hydrogen) atoms. The lowest BCUT2D eigenvalue weighted by Gasteiger charge is -2.21. The van der Waals surface area contributed by atoms with E-state index in [1.54, 1.807) is 0 Å². The van der Waals surface area contributed by atoms with Gasteiger partial charge in [0, 0.05) is 13.1 Å². The number of unbranched alkanes of at least 4 members (excludes halogenated alkanes) is 8. The molecule has 0 saturated carbocycles. The van der Waals surface area contributed by atoms with Gasteiger partial charge in [-0.25, -0.2) is 5.43 Å². The molecule has 3 nitrogen and oxygen atoms in total. The number of rotatable bonds is 16. The van der Waals surface area contributed by atoms with E-state index in [2.05, 4.69) is 26.2 Å². The Kier molecular flexibility index (Phi) is 16.8. The van der Waals surface area contributed by atoms with Crippen LogP contribution in [0.5, 0.6) is 0 Å². The standard InChI is InChI=1S/C17H38N2O/c1-4-7-8-9-10-11-12-13-14-17-20-19(16-6-3)18-15-5-2/h18H,4-17H2,1-3H3. The highest BCUT2D eigenvalue weighted by Gasteiger charge is 2.02. The highest BCUT2D eigenvalue weighted by atomic mass is 16.7. The molecule has 0 aromatic carbocycles. The van der Waals surface area contributed by atoms with E-state index in [4.69, 9.17) is 4.84 Å². The van der Waals surface area contributed by atoms with Gasteiger partial charge in [0.05, 0.1) is 6.61 Å². The fourth-order valence-corrected chi connectivity index (χ4v) is 2.22. The molecule has 0 heterocycles. The molecule has 0 aromatic heterocycles. The molecule has 0 spiro atoms. The summed E-state index contributed by atoms with van der Waals surface area (Å²) in [4.78, 5) is 5.77. The molecule has 0 unspecified atom stereocenters. The van der Waals surface area contributed by atoms with Gasteiger partial charge in [0.25, 0.3) is 0 Å². The van der Waals surface area contributed by atoms with Crippen molar-refractivity contribution in [3.8, 4) is 0 Å². The number of hydrazine groups is 1. The molecular formula is C17H38N2O. The maximum absolute atomic E-state index is 5.77. The lowest BCUT2D eigenvalue weighted by molar-refractivity contribution is -0.196. The Bertz CT molecular complexity index is 176. The fourth-order valence-electron chi connectivity index (χ4n) is 2.22. The topological polar surface area (TPSA) is 24.5 Å². The van der Waals surface area contributed by atoms with Crippen LogP contribution in [0, 0.1) is 0 Å². The normalized spacial score (nSPS) is 11.4. The zero-order chi connectivity index (χ0) is 14.9. The molecule has 0 rings (SSSR count). The molecular weight excluding hydrogens is 248 g/mol. The van der Waals surface area contributed by atoms with Crippen LogP contribution in [0.2, 0.25) is 0 Å². The highest BCUT2D eigenvalue weighted by molar-refractivity contribution is 4.47. The molecule has 0 aliphatic heterocycles. The average Bonchev–Trinajstić information content (AvgIpc) is 2.46. The monoisotopic (exact) mass is 286 g/mol. The quantitative estimate of drug-likeness (QED) is 0.316. The van der Waals surface area contributed by atoms with Crippen molar-refractivity contribution in [1.29, 1.82) is 0 Å². The Balaban J connectivity index is 3.27. The minimum atomic E-state index is 0.854. The zero-order valence-electron chi connectivity index (χ0n) is 14.3. The third-order valence-electron chi connectivity index (χ3n) is 3.46. The van der Waals surface area contributed by atoms with Gasteiger partial charge < -0.3 is 0 Å². The number of nitrogens with one attached hydrogen (secondary N) is 1. The maximum Gasteiger partial charge on any atom is 0.0701 e. The Labute approximate surface area is 127 Å². The Morgan fingerprint density at radius 2 is 1.30 bits per heavy atom. The van der Waals surface area contributed by atoms with E-state index in [0.717, 1.165) is 32.5 Å². The van der Waals surface area contributed by atoms with E-state index in [-0.39, 0.29) is 0 Å². The predicted octanol–water partition coefficient (Wildman–Crippen LogP) is 5.08. The van der Waals surface area contributed by atoms with E-state index in [1.165, 1.54) is 57.8 Å². The van der Waals surface area contributed by atoms with Crippen LogP contribution < -0.4 is 5.43 Å². The van der Waals surface area contributed by atoms with Gasteiger partial charge in [-0.15, -0.1) is 5.17 Å². The predicted molar refractivity (Wildman–Crippen MR) is 88.5 cm³/mol. The van der Waals surface area contributed by atoms with Crippen molar-refractivity contribution < 1.29 is 4.84 Å². The summed E-state index contributed by atoms with van der Waals surface area (Å²) >= 11 is 0. The third kappa shape index (κ3) is 14.3. The molecule has 0 saturated heterocycles. The van der Waals surface area contributed by atoms with Crippen LogP contribution in [0.15, 0.2) is 0 Å². The molecule has 0 aliphatic carbocycles. The van der Waals surface area contributed by atoms with Crippen molar-refractivity contribution in [2.45, 2.75) is 91.4 Å². The molecule has 0 aliphatic rings. The van der Waals surface area contributed by atoms with Crippen LogP contribution in [0.4, 0.5) is 0 Å². The number of hydrogen-bond acceptors (Lipinski definition) is 3. The van der Waals surface area contributed by atoms with Crippen LogP contribution in [0.25, 0.3) is 0 Å². The average molecular weight is 287 g/mol. The third-order valence-corrected chi connectivity index (χ3v) is 3.46. The van der Waals surface area contributed by atoms with Gasteiger partial charge in [-0.3, -0.25) is 4.84 Å². The minimum absolute atomic E-state index is 0.854. The highest BCUT2D eigenvalue weighted by Crippen LogP contribution is 2.09. The van der Waals surface area contributed by atoms with Crippen LogP contribution in [0.3, 0.4) is 0 Å². The molecule has 0 radical (unpaired) electrons. The maximum atomic E-state index is 5.77. The van der Waals surface area contributed by atoms with E-state index in [9.17, 15) is 0 Å². The van der Waals surface area contributed by atoms with Gasteiger partial charge in [-0.05, 0) is 19.3 Å². The second-order valence-electron chi connectivity index (χ2n) is 5.67. The summed E-state index contributed by atoms with van der Waals surface area (Å²) < 4.78 is 0. The summed E-state index contributed by atoms with van der Waals surface area (Å²) in [5.74, 6) is 0. The van der Waals surface area contributed by atoms with Crippen molar-refractivity contribution in [2.75, 3.05) is 19.7 Å². The Morgan fingerprint density at radius 1 is 0.700 bits per heavy atom. The Hall–Kier alpha value is -0.120. The van der Waals surface area contributed by atoms with Gasteiger partial charge in [0.15, 0.2) is 0 Å². The lowest BCUT2D eigenvalue weighted by atomic mass is 10.1. The lowest BCUT2D eigenvalue weighted by Crippen LogP contribution is -2.39. The summed E-state index contributed by atoms with van der Waals surface area (Å²) in [6.07, 6.45) is 14.5. The second kappa shape index (κ2) is 16.9. The van der Waals surface area contributed by atoms with Crippen molar-refractivity contribution in [1.82, 2.24) is 10.6 Å². The summed E-state index contributed by atoms with van der Waals surface area (Å²) in [7, 11) is 0. The first-order valence-electron chi connectivity index (χ1n) is 8.99. The summed E-state index contributed by atoms with van der Waals surface area (Å²) in [6.45, 7) is 9.46. The van der Waals surface area contributed by atoms with Gasteiger partial charge >= 0.3 is 0 Å².